The Morgan fingerprint density at radius 2 is 1.29 bits per heavy atom. The van der Waals surface area contributed by atoms with Crippen LogP contribution in [0.3, 0.4) is 0 Å². The number of nitrogens with zero attached hydrogens (tertiary/aromatic N) is 3. The SMILES string of the molecule is CC(C)c1cc(C(C)(C)C)cc(C(C)C)c1-n1c(-c2ccc(C(C)(C)C)cc2O)nc2c(-c3cccc(-c4ccc5c(n4)oc4ccc6ccccc6c45)c3)cccc21. The maximum atomic E-state index is 11.9. The molecule has 0 aliphatic carbocycles. The minimum absolute atomic E-state index is 0.0247. The maximum absolute atomic E-state index is 11.9. The zero-order valence-electron chi connectivity index (χ0n) is 35.9. The number of aromatic hydroxyl groups is 1. The van der Waals surface area contributed by atoms with Gasteiger partial charge in [-0.25, -0.2) is 9.97 Å². The van der Waals surface area contributed by atoms with E-state index in [0.29, 0.717) is 11.3 Å². The van der Waals surface area contributed by atoms with E-state index in [9.17, 15) is 5.11 Å². The van der Waals surface area contributed by atoms with E-state index in [-0.39, 0.29) is 28.4 Å². The van der Waals surface area contributed by atoms with Crippen molar-refractivity contribution < 1.29 is 9.52 Å². The molecule has 3 heterocycles. The van der Waals surface area contributed by atoms with Gasteiger partial charge < -0.3 is 9.52 Å². The Balaban J connectivity index is 1.26. The van der Waals surface area contributed by atoms with Crippen molar-refractivity contribution in [3.63, 3.8) is 0 Å². The van der Waals surface area contributed by atoms with Crippen molar-refractivity contribution in [2.45, 2.75) is 91.9 Å². The van der Waals surface area contributed by atoms with E-state index in [1.54, 1.807) is 0 Å². The van der Waals surface area contributed by atoms with Crippen molar-refractivity contribution >= 4 is 43.9 Å². The summed E-state index contributed by atoms with van der Waals surface area (Å²) < 4.78 is 8.69. The summed E-state index contributed by atoms with van der Waals surface area (Å²) in [6, 6.07) is 42.7. The van der Waals surface area contributed by atoms with Crippen LogP contribution in [-0.2, 0) is 10.8 Å². The Kier molecular flexibility index (Phi) is 9.08. The van der Waals surface area contributed by atoms with E-state index in [4.69, 9.17) is 14.4 Å². The number of benzene rings is 6. The van der Waals surface area contributed by atoms with Crippen LogP contribution in [0.5, 0.6) is 5.75 Å². The molecule has 59 heavy (non-hydrogen) atoms. The lowest BCUT2D eigenvalue weighted by Crippen LogP contribution is -2.16. The minimum atomic E-state index is -0.120. The number of para-hydroxylation sites is 1. The van der Waals surface area contributed by atoms with Crippen LogP contribution in [-0.4, -0.2) is 19.6 Å². The van der Waals surface area contributed by atoms with Crippen molar-refractivity contribution in [3.8, 4) is 45.2 Å². The third-order valence-corrected chi connectivity index (χ3v) is 12.0. The standard InChI is InChI=1S/C54H53N3O2/c1-31(2)42-28-37(54(8,9)10)29-43(32(3)4)50(42)57-45-20-14-19-39(49(45)56-51(57)40-23-22-36(30-46(40)58)53(5,6)7)34-16-13-17-35(27-34)44-25-24-41-48-38-18-12-11-15-33(38)21-26-47(48)59-52(41)55-44/h11-32,58H,1-10H3. The number of hydrogen-bond acceptors (Lipinski definition) is 4. The van der Waals surface area contributed by atoms with E-state index in [2.05, 4.69) is 177 Å². The second-order valence-corrected chi connectivity index (χ2v) is 18.9. The van der Waals surface area contributed by atoms with Gasteiger partial charge in [-0.1, -0.05) is 148 Å². The van der Waals surface area contributed by atoms with E-state index in [1.165, 1.54) is 22.1 Å². The Morgan fingerprint density at radius 1 is 0.593 bits per heavy atom. The first-order valence-corrected chi connectivity index (χ1v) is 20.9. The van der Waals surface area contributed by atoms with Gasteiger partial charge in [0.05, 0.1) is 28.0 Å². The molecule has 3 aromatic heterocycles. The van der Waals surface area contributed by atoms with Crippen molar-refractivity contribution in [2.24, 2.45) is 0 Å². The van der Waals surface area contributed by atoms with Crippen molar-refractivity contribution in [3.05, 3.63) is 144 Å². The molecule has 0 aliphatic rings. The number of furan rings is 1. The summed E-state index contributed by atoms with van der Waals surface area (Å²) in [6.07, 6.45) is 0. The molecule has 0 aliphatic heterocycles. The molecule has 9 aromatic rings. The van der Waals surface area contributed by atoms with Crippen LogP contribution >= 0.6 is 0 Å². The van der Waals surface area contributed by atoms with Gasteiger partial charge in [0.25, 0.3) is 0 Å². The van der Waals surface area contributed by atoms with Gasteiger partial charge in [-0.15, -0.1) is 0 Å². The van der Waals surface area contributed by atoms with Crippen molar-refractivity contribution in [1.29, 1.82) is 0 Å². The highest BCUT2D eigenvalue weighted by Gasteiger charge is 2.28. The molecule has 0 amide bonds. The molecule has 0 atom stereocenters. The van der Waals surface area contributed by atoms with Gasteiger partial charge >= 0.3 is 0 Å². The summed E-state index contributed by atoms with van der Waals surface area (Å²) in [6.45, 7) is 22.5. The third-order valence-electron chi connectivity index (χ3n) is 12.0. The fourth-order valence-electron chi connectivity index (χ4n) is 8.61. The number of aromatic nitrogens is 3. The molecular formula is C54H53N3O2. The van der Waals surface area contributed by atoms with Crippen molar-refractivity contribution in [1.82, 2.24) is 14.5 Å². The predicted molar refractivity (Wildman–Crippen MR) is 247 cm³/mol. The molecule has 0 unspecified atom stereocenters. The number of fused-ring (bicyclic) bond motifs is 6. The Bertz CT molecular complexity index is 3060. The number of imidazole rings is 1. The Hall–Kier alpha value is -6.20. The van der Waals surface area contributed by atoms with Crippen LogP contribution in [0.1, 0.15) is 103 Å². The summed E-state index contributed by atoms with van der Waals surface area (Å²) in [4.78, 5) is 10.6. The zero-order valence-corrected chi connectivity index (χ0v) is 35.9. The summed E-state index contributed by atoms with van der Waals surface area (Å²) in [5.74, 6) is 1.42. The second kappa shape index (κ2) is 14.0. The Labute approximate surface area is 347 Å². The smallest absolute Gasteiger partial charge is 0.227 e. The number of phenols is 1. The molecule has 0 spiro atoms. The van der Waals surface area contributed by atoms with E-state index in [0.717, 1.165) is 72.2 Å². The van der Waals surface area contributed by atoms with Gasteiger partial charge in [0, 0.05) is 21.9 Å². The molecule has 0 fully saturated rings. The van der Waals surface area contributed by atoms with Crippen LogP contribution in [0.15, 0.2) is 126 Å². The quantitative estimate of drug-likeness (QED) is 0.183. The van der Waals surface area contributed by atoms with Crippen LogP contribution in [0, 0.1) is 0 Å². The van der Waals surface area contributed by atoms with Crippen LogP contribution in [0.4, 0.5) is 0 Å². The summed E-state index contributed by atoms with van der Waals surface area (Å²) >= 11 is 0. The first-order valence-electron chi connectivity index (χ1n) is 20.9. The van der Waals surface area contributed by atoms with E-state index < -0.39 is 0 Å². The number of pyridine rings is 1. The largest absolute Gasteiger partial charge is 0.507 e. The van der Waals surface area contributed by atoms with Gasteiger partial charge in [-0.3, -0.25) is 4.57 Å². The lowest BCUT2D eigenvalue weighted by Gasteiger charge is -2.28. The van der Waals surface area contributed by atoms with Crippen LogP contribution in [0.25, 0.3) is 83.3 Å². The predicted octanol–water partition coefficient (Wildman–Crippen LogP) is 15.0. The molecule has 5 heteroatoms. The highest BCUT2D eigenvalue weighted by atomic mass is 16.3. The highest BCUT2D eigenvalue weighted by molar-refractivity contribution is 6.18. The average molecular weight is 776 g/mol. The summed E-state index contributed by atoms with van der Waals surface area (Å²) in [5, 5.41) is 16.3. The number of hydrogen-bond donors (Lipinski definition) is 1. The van der Waals surface area contributed by atoms with Gasteiger partial charge in [0.1, 0.15) is 17.2 Å². The van der Waals surface area contributed by atoms with Crippen molar-refractivity contribution in [2.75, 3.05) is 0 Å². The van der Waals surface area contributed by atoms with Gasteiger partial charge in [-0.2, -0.15) is 0 Å². The van der Waals surface area contributed by atoms with Crippen LogP contribution < -0.4 is 0 Å². The number of phenolic OH excluding ortho intramolecular Hbond substituents is 1. The average Bonchev–Trinajstić information content (AvgIpc) is 3.78. The van der Waals surface area contributed by atoms with Gasteiger partial charge in [-0.05, 0) is 104 Å². The summed E-state index contributed by atoms with van der Waals surface area (Å²) in [5.41, 5.74) is 13.8. The van der Waals surface area contributed by atoms with E-state index in [1.807, 2.05) is 18.2 Å². The molecule has 0 radical (unpaired) electrons. The third kappa shape index (κ3) is 6.57. The highest BCUT2D eigenvalue weighted by Crippen LogP contribution is 2.44. The Morgan fingerprint density at radius 3 is 1.98 bits per heavy atom. The maximum Gasteiger partial charge on any atom is 0.227 e. The molecule has 9 rings (SSSR count). The summed E-state index contributed by atoms with van der Waals surface area (Å²) in [7, 11) is 0. The fraction of sp³-hybridized carbons (Fsp3) is 0.259. The molecule has 0 bridgehead atoms. The second-order valence-electron chi connectivity index (χ2n) is 18.9. The van der Waals surface area contributed by atoms with E-state index >= 15 is 0 Å². The molecule has 6 aromatic carbocycles. The van der Waals surface area contributed by atoms with Gasteiger partial charge in [0.15, 0.2) is 0 Å². The molecule has 0 saturated heterocycles. The number of rotatable bonds is 6. The first-order chi connectivity index (χ1) is 28.1. The monoisotopic (exact) mass is 775 g/mol. The lowest BCUT2D eigenvalue weighted by molar-refractivity contribution is 0.472. The lowest BCUT2D eigenvalue weighted by atomic mass is 9.81. The molecule has 1 N–H and O–H groups in total. The molecule has 5 nitrogen and oxygen atoms in total. The van der Waals surface area contributed by atoms with Crippen LogP contribution in [0.2, 0.25) is 0 Å². The normalized spacial score (nSPS) is 12.6. The zero-order chi connectivity index (χ0) is 41.5. The van der Waals surface area contributed by atoms with Gasteiger partial charge in [0.2, 0.25) is 5.71 Å². The molecule has 0 saturated carbocycles. The first kappa shape index (κ1) is 38.3. The molecular weight excluding hydrogens is 723 g/mol. The fourth-order valence-corrected chi connectivity index (χ4v) is 8.61. The minimum Gasteiger partial charge on any atom is -0.507 e. The molecule has 296 valence electrons. The topological polar surface area (TPSA) is 64.1 Å².